The van der Waals surface area contributed by atoms with Crippen LogP contribution in [0.3, 0.4) is 0 Å². The molecule has 78 valence electrons. The second-order valence-corrected chi connectivity index (χ2v) is 4.89. The first-order valence-corrected chi connectivity index (χ1v) is 6.27. The Hall–Kier alpha value is 0.270. The van der Waals surface area contributed by atoms with Crippen LogP contribution < -0.4 is 0 Å². The van der Waals surface area contributed by atoms with Crippen LogP contribution in [-0.4, -0.2) is 35.4 Å². The fourth-order valence-corrected chi connectivity index (χ4v) is 2.45. The van der Waals surface area contributed by atoms with Crippen molar-refractivity contribution in [3.8, 4) is 0 Å². The molecule has 13 heavy (non-hydrogen) atoms. The molecule has 0 aromatic heterocycles. The Morgan fingerprint density at radius 2 is 2.31 bits per heavy atom. The Kier molecular flexibility index (Phi) is 5.14. The van der Waals surface area contributed by atoms with Crippen LogP contribution in [-0.2, 0) is 4.74 Å². The van der Waals surface area contributed by atoms with E-state index >= 15 is 0 Å². The zero-order valence-electron chi connectivity index (χ0n) is 8.53. The maximum absolute atomic E-state index is 9.47. The highest BCUT2D eigenvalue weighted by atomic mass is 32.2. The summed E-state index contributed by atoms with van der Waals surface area (Å²) in [5.41, 5.74) is 0. The molecule has 3 atom stereocenters. The number of hydrogen-bond acceptors (Lipinski definition) is 3. The van der Waals surface area contributed by atoms with E-state index in [1.54, 1.807) is 11.8 Å². The van der Waals surface area contributed by atoms with E-state index in [2.05, 4.69) is 13.8 Å². The van der Waals surface area contributed by atoms with Gasteiger partial charge >= 0.3 is 0 Å². The van der Waals surface area contributed by atoms with Crippen molar-refractivity contribution in [1.82, 2.24) is 0 Å². The van der Waals surface area contributed by atoms with Gasteiger partial charge in [-0.1, -0.05) is 20.3 Å². The van der Waals surface area contributed by atoms with Gasteiger partial charge in [0, 0.05) is 18.1 Å². The molecule has 0 aliphatic carbocycles. The lowest BCUT2D eigenvalue weighted by molar-refractivity contribution is -0.0118. The van der Waals surface area contributed by atoms with Gasteiger partial charge in [-0.25, -0.2) is 0 Å². The molecule has 0 aromatic carbocycles. The van der Waals surface area contributed by atoms with E-state index in [-0.39, 0.29) is 12.2 Å². The third kappa shape index (κ3) is 3.88. The molecule has 3 heteroatoms. The smallest absolute Gasteiger partial charge is 0.0932 e. The summed E-state index contributed by atoms with van der Waals surface area (Å²) in [5.74, 6) is 2.54. The predicted molar refractivity (Wildman–Crippen MR) is 57.1 cm³/mol. The molecule has 1 fully saturated rings. The second kappa shape index (κ2) is 5.89. The molecule has 0 radical (unpaired) electrons. The SMILES string of the molecule is CCC(C)CCOC1CSCC1O. The molecule has 0 saturated carbocycles. The lowest BCUT2D eigenvalue weighted by Gasteiger charge is -2.16. The largest absolute Gasteiger partial charge is 0.390 e. The van der Waals surface area contributed by atoms with Crippen LogP contribution in [0.4, 0.5) is 0 Å². The van der Waals surface area contributed by atoms with E-state index in [1.807, 2.05) is 0 Å². The van der Waals surface area contributed by atoms with E-state index in [0.717, 1.165) is 30.5 Å². The highest BCUT2D eigenvalue weighted by Gasteiger charge is 2.26. The van der Waals surface area contributed by atoms with Gasteiger partial charge in [0.15, 0.2) is 0 Å². The standard InChI is InChI=1S/C10H20O2S/c1-3-8(2)4-5-12-10-7-13-6-9(10)11/h8-11H,3-7H2,1-2H3. The molecule has 1 aliphatic heterocycles. The van der Waals surface area contributed by atoms with Crippen LogP contribution in [0, 0.1) is 5.92 Å². The van der Waals surface area contributed by atoms with Gasteiger partial charge in [0.1, 0.15) is 0 Å². The summed E-state index contributed by atoms with van der Waals surface area (Å²) in [5, 5.41) is 9.47. The Morgan fingerprint density at radius 3 is 2.85 bits per heavy atom. The molecule has 1 aliphatic rings. The molecule has 1 heterocycles. The van der Waals surface area contributed by atoms with Crippen LogP contribution in [0.15, 0.2) is 0 Å². The summed E-state index contributed by atoms with van der Waals surface area (Å²) in [6.45, 7) is 5.24. The summed E-state index contributed by atoms with van der Waals surface area (Å²) < 4.78 is 5.62. The Morgan fingerprint density at radius 1 is 1.54 bits per heavy atom. The monoisotopic (exact) mass is 204 g/mol. The first-order chi connectivity index (χ1) is 6.24. The third-order valence-corrected chi connectivity index (χ3v) is 3.78. The van der Waals surface area contributed by atoms with Crippen molar-refractivity contribution in [3.63, 3.8) is 0 Å². The normalized spacial score (nSPS) is 30.7. The number of ether oxygens (including phenoxy) is 1. The van der Waals surface area contributed by atoms with Crippen molar-refractivity contribution >= 4 is 11.8 Å². The fourth-order valence-electron chi connectivity index (χ4n) is 1.31. The minimum absolute atomic E-state index is 0.0917. The molecule has 1 N–H and O–H groups in total. The van der Waals surface area contributed by atoms with E-state index in [0.29, 0.717) is 0 Å². The summed E-state index contributed by atoms with van der Waals surface area (Å²) in [6, 6.07) is 0. The third-order valence-electron chi connectivity index (χ3n) is 2.64. The maximum Gasteiger partial charge on any atom is 0.0932 e. The van der Waals surface area contributed by atoms with Gasteiger partial charge in [-0.15, -0.1) is 0 Å². The second-order valence-electron chi connectivity index (χ2n) is 3.82. The van der Waals surface area contributed by atoms with E-state index < -0.39 is 0 Å². The van der Waals surface area contributed by atoms with Crippen molar-refractivity contribution < 1.29 is 9.84 Å². The maximum atomic E-state index is 9.47. The van der Waals surface area contributed by atoms with Gasteiger partial charge in [-0.2, -0.15) is 11.8 Å². The van der Waals surface area contributed by atoms with Gasteiger partial charge in [0.25, 0.3) is 0 Å². The van der Waals surface area contributed by atoms with Gasteiger partial charge < -0.3 is 9.84 Å². The zero-order chi connectivity index (χ0) is 9.68. The lowest BCUT2D eigenvalue weighted by atomic mass is 10.1. The van der Waals surface area contributed by atoms with Crippen molar-refractivity contribution in [3.05, 3.63) is 0 Å². The van der Waals surface area contributed by atoms with Crippen LogP contribution >= 0.6 is 11.8 Å². The summed E-state index contributed by atoms with van der Waals surface area (Å²) in [7, 11) is 0. The predicted octanol–water partition coefficient (Wildman–Crippen LogP) is 1.92. The Labute approximate surface area is 85.0 Å². The van der Waals surface area contributed by atoms with Crippen LogP contribution in [0.5, 0.6) is 0 Å². The Balaban J connectivity index is 2.05. The zero-order valence-corrected chi connectivity index (χ0v) is 9.35. The highest BCUT2D eigenvalue weighted by molar-refractivity contribution is 7.99. The molecule has 2 nitrogen and oxygen atoms in total. The first kappa shape index (κ1) is 11.3. The number of aliphatic hydroxyl groups excluding tert-OH is 1. The summed E-state index contributed by atoms with van der Waals surface area (Å²) in [6.07, 6.45) is 2.19. The molecule has 0 aromatic rings. The molecular formula is C10H20O2S. The van der Waals surface area contributed by atoms with Gasteiger partial charge in [0.2, 0.25) is 0 Å². The topological polar surface area (TPSA) is 29.5 Å². The van der Waals surface area contributed by atoms with Gasteiger partial charge in [0.05, 0.1) is 12.2 Å². The molecule has 1 saturated heterocycles. The lowest BCUT2D eigenvalue weighted by Crippen LogP contribution is -2.27. The first-order valence-electron chi connectivity index (χ1n) is 5.11. The van der Waals surface area contributed by atoms with Crippen molar-refractivity contribution in [2.75, 3.05) is 18.1 Å². The number of rotatable bonds is 5. The van der Waals surface area contributed by atoms with E-state index in [4.69, 9.17) is 4.74 Å². The van der Waals surface area contributed by atoms with E-state index in [9.17, 15) is 5.11 Å². The number of hydrogen-bond donors (Lipinski definition) is 1. The van der Waals surface area contributed by atoms with Crippen LogP contribution in [0.25, 0.3) is 0 Å². The average Bonchev–Trinajstić information content (AvgIpc) is 2.52. The summed E-state index contributed by atoms with van der Waals surface area (Å²) in [4.78, 5) is 0. The van der Waals surface area contributed by atoms with Gasteiger partial charge in [-0.05, 0) is 12.3 Å². The van der Waals surface area contributed by atoms with Crippen LogP contribution in [0.1, 0.15) is 26.7 Å². The minimum Gasteiger partial charge on any atom is -0.390 e. The van der Waals surface area contributed by atoms with Crippen molar-refractivity contribution in [1.29, 1.82) is 0 Å². The van der Waals surface area contributed by atoms with Gasteiger partial charge in [-0.3, -0.25) is 0 Å². The van der Waals surface area contributed by atoms with E-state index in [1.165, 1.54) is 6.42 Å². The number of thioether (sulfide) groups is 1. The van der Waals surface area contributed by atoms with Crippen LogP contribution in [0.2, 0.25) is 0 Å². The molecule has 0 spiro atoms. The molecule has 1 rings (SSSR count). The average molecular weight is 204 g/mol. The molecule has 0 amide bonds. The number of aliphatic hydroxyl groups is 1. The quantitative estimate of drug-likeness (QED) is 0.742. The summed E-state index contributed by atoms with van der Waals surface area (Å²) >= 11 is 1.78. The molecule has 0 bridgehead atoms. The van der Waals surface area contributed by atoms with Crippen molar-refractivity contribution in [2.45, 2.75) is 38.9 Å². The highest BCUT2D eigenvalue weighted by Crippen LogP contribution is 2.21. The molecular weight excluding hydrogens is 184 g/mol. The minimum atomic E-state index is -0.234. The van der Waals surface area contributed by atoms with Crippen molar-refractivity contribution in [2.24, 2.45) is 5.92 Å². The Bertz CT molecular complexity index is 141. The fraction of sp³-hybridized carbons (Fsp3) is 1.00. The molecule has 3 unspecified atom stereocenters.